The van der Waals surface area contributed by atoms with Gasteiger partial charge in [-0.25, -0.2) is 0 Å². The predicted molar refractivity (Wildman–Crippen MR) is 87.3 cm³/mol. The summed E-state index contributed by atoms with van der Waals surface area (Å²) < 4.78 is 3.87. The van der Waals surface area contributed by atoms with Crippen LogP contribution in [-0.4, -0.2) is 14.2 Å². The number of para-hydroxylation sites is 1. The lowest BCUT2D eigenvalue weighted by Gasteiger charge is -2.09. The van der Waals surface area contributed by atoms with E-state index in [1.165, 1.54) is 0 Å². The Morgan fingerprint density at radius 1 is 1.05 bits per heavy atom. The van der Waals surface area contributed by atoms with E-state index < -0.39 is 0 Å². The van der Waals surface area contributed by atoms with Crippen molar-refractivity contribution < 1.29 is 5.11 Å². The number of rotatable bonds is 2. The molecule has 0 fully saturated rings. The standard InChI is InChI=1S/C16H13ClN2OS/c1-11-13(17)8-5-9-14(11)19-15(20)10-18(16(19)21)12-6-3-2-4-7-12/h2-10,20H,1H3. The Bertz CT molecular complexity index is 852. The summed E-state index contributed by atoms with van der Waals surface area (Å²) >= 11 is 11.7. The summed E-state index contributed by atoms with van der Waals surface area (Å²) in [7, 11) is 0. The van der Waals surface area contributed by atoms with E-state index in [0.717, 1.165) is 16.9 Å². The minimum Gasteiger partial charge on any atom is -0.493 e. The summed E-state index contributed by atoms with van der Waals surface area (Å²) in [5.74, 6) is 0.0780. The Balaban J connectivity index is 2.25. The maximum atomic E-state index is 10.3. The molecule has 3 nitrogen and oxygen atoms in total. The van der Waals surface area contributed by atoms with Crippen LogP contribution in [0.3, 0.4) is 0 Å². The summed E-state index contributed by atoms with van der Waals surface area (Å²) in [6, 6.07) is 15.2. The van der Waals surface area contributed by atoms with Crippen molar-refractivity contribution in [3.05, 3.63) is 70.1 Å². The first-order valence-electron chi connectivity index (χ1n) is 6.44. The number of imidazole rings is 1. The Morgan fingerprint density at radius 3 is 2.48 bits per heavy atom. The Labute approximate surface area is 132 Å². The highest BCUT2D eigenvalue weighted by Gasteiger charge is 2.13. The third-order valence-corrected chi connectivity index (χ3v) is 4.17. The fraction of sp³-hybridized carbons (Fsp3) is 0.0625. The molecule has 0 saturated carbocycles. The zero-order valence-electron chi connectivity index (χ0n) is 11.3. The first-order chi connectivity index (χ1) is 10.1. The molecular weight excluding hydrogens is 304 g/mol. The molecule has 0 aliphatic heterocycles. The highest BCUT2D eigenvalue weighted by Crippen LogP contribution is 2.28. The number of benzene rings is 2. The monoisotopic (exact) mass is 316 g/mol. The van der Waals surface area contributed by atoms with Gasteiger partial charge in [0.15, 0.2) is 4.77 Å². The fourth-order valence-corrected chi connectivity index (χ4v) is 2.79. The van der Waals surface area contributed by atoms with Gasteiger partial charge in [-0.2, -0.15) is 0 Å². The fourth-order valence-electron chi connectivity index (χ4n) is 2.27. The van der Waals surface area contributed by atoms with Crippen molar-refractivity contribution in [2.75, 3.05) is 0 Å². The van der Waals surface area contributed by atoms with E-state index in [4.69, 9.17) is 23.8 Å². The van der Waals surface area contributed by atoms with Gasteiger partial charge in [0.05, 0.1) is 11.9 Å². The van der Waals surface area contributed by atoms with E-state index >= 15 is 0 Å². The van der Waals surface area contributed by atoms with Crippen molar-refractivity contribution in [3.63, 3.8) is 0 Å². The molecule has 0 aliphatic carbocycles. The maximum Gasteiger partial charge on any atom is 0.215 e. The van der Waals surface area contributed by atoms with Gasteiger partial charge in [0, 0.05) is 10.7 Å². The molecular formula is C16H13ClN2OS. The summed E-state index contributed by atoms with van der Waals surface area (Å²) in [6.07, 6.45) is 1.61. The highest BCUT2D eigenvalue weighted by molar-refractivity contribution is 7.71. The van der Waals surface area contributed by atoms with E-state index in [0.29, 0.717) is 9.79 Å². The molecule has 2 aromatic carbocycles. The molecule has 1 N–H and O–H groups in total. The molecule has 0 spiro atoms. The van der Waals surface area contributed by atoms with Gasteiger partial charge in [0.1, 0.15) is 0 Å². The molecule has 0 saturated heterocycles. The molecule has 3 aromatic rings. The molecule has 1 heterocycles. The smallest absolute Gasteiger partial charge is 0.215 e. The molecule has 1 aromatic heterocycles. The molecule has 0 amide bonds. The van der Waals surface area contributed by atoms with Gasteiger partial charge < -0.3 is 5.11 Å². The SMILES string of the molecule is Cc1c(Cl)cccc1-n1c(O)cn(-c2ccccc2)c1=S. The van der Waals surface area contributed by atoms with Crippen LogP contribution in [0.15, 0.2) is 54.7 Å². The second-order valence-electron chi connectivity index (χ2n) is 4.69. The molecule has 0 atom stereocenters. The predicted octanol–water partition coefficient (Wildman–Crippen LogP) is 4.66. The molecule has 21 heavy (non-hydrogen) atoms. The van der Waals surface area contributed by atoms with Gasteiger partial charge in [-0.3, -0.25) is 9.13 Å². The molecule has 0 radical (unpaired) electrons. The van der Waals surface area contributed by atoms with Crippen LogP contribution in [0, 0.1) is 11.7 Å². The lowest BCUT2D eigenvalue weighted by molar-refractivity contribution is 0.441. The lowest BCUT2D eigenvalue weighted by Crippen LogP contribution is -1.99. The first-order valence-corrected chi connectivity index (χ1v) is 7.22. The van der Waals surface area contributed by atoms with Crippen LogP contribution in [0.4, 0.5) is 0 Å². The largest absolute Gasteiger partial charge is 0.493 e. The van der Waals surface area contributed by atoms with E-state index in [2.05, 4.69) is 0 Å². The van der Waals surface area contributed by atoms with Gasteiger partial charge in [-0.05, 0) is 49.0 Å². The average Bonchev–Trinajstić information content (AvgIpc) is 2.78. The average molecular weight is 317 g/mol. The maximum absolute atomic E-state index is 10.3. The van der Waals surface area contributed by atoms with E-state index in [-0.39, 0.29) is 5.88 Å². The van der Waals surface area contributed by atoms with Crippen LogP contribution in [-0.2, 0) is 0 Å². The summed E-state index contributed by atoms with van der Waals surface area (Å²) in [5.41, 5.74) is 2.55. The Kier molecular flexibility index (Phi) is 3.57. The second kappa shape index (κ2) is 5.39. The number of aromatic hydroxyl groups is 1. The van der Waals surface area contributed by atoms with Crippen LogP contribution in [0.5, 0.6) is 5.88 Å². The van der Waals surface area contributed by atoms with Gasteiger partial charge in [0.2, 0.25) is 5.88 Å². The zero-order valence-corrected chi connectivity index (χ0v) is 12.9. The topological polar surface area (TPSA) is 30.1 Å². The van der Waals surface area contributed by atoms with Gasteiger partial charge in [-0.15, -0.1) is 0 Å². The molecule has 106 valence electrons. The van der Waals surface area contributed by atoms with Gasteiger partial charge in [-0.1, -0.05) is 35.9 Å². The quantitative estimate of drug-likeness (QED) is 0.697. The molecule has 0 aliphatic rings. The van der Waals surface area contributed by atoms with Crippen molar-refractivity contribution in [1.82, 2.24) is 9.13 Å². The Morgan fingerprint density at radius 2 is 1.76 bits per heavy atom. The van der Waals surface area contributed by atoms with E-state index in [1.54, 1.807) is 15.3 Å². The van der Waals surface area contributed by atoms with Crippen molar-refractivity contribution in [3.8, 4) is 17.3 Å². The normalized spacial score (nSPS) is 10.8. The number of nitrogens with zero attached hydrogens (tertiary/aromatic N) is 2. The third kappa shape index (κ3) is 2.37. The Hall–Kier alpha value is -2.04. The number of aromatic nitrogens is 2. The van der Waals surface area contributed by atoms with Gasteiger partial charge in [0.25, 0.3) is 0 Å². The van der Waals surface area contributed by atoms with E-state index in [9.17, 15) is 5.11 Å². The summed E-state index contributed by atoms with van der Waals surface area (Å²) in [6.45, 7) is 1.90. The first kappa shape index (κ1) is 13.9. The van der Waals surface area contributed by atoms with Crippen molar-refractivity contribution in [1.29, 1.82) is 0 Å². The molecule has 3 rings (SSSR count). The van der Waals surface area contributed by atoms with Crippen LogP contribution in [0.1, 0.15) is 5.56 Å². The number of hydrogen-bond donors (Lipinski definition) is 1. The number of hydrogen-bond acceptors (Lipinski definition) is 2. The highest BCUT2D eigenvalue weighted by atomic mass is 35.5. The molecule has 5 heteroatoms. The van der Waals surface area contributed by atoms with Crippen LogP contribution in [0.2, 0.25) is 5.02 Å². The van der Waals surface area contributed by atoms with Crippen molar-refractivity contribution in [2.24, 2.45) is 0 Å². The van der Waals surface area contributed by atoms with Crippen molar-refractivity contribution in [2.45, 2.75) is 6.92 Å². The van der Waals surface area contributed by atoms with Gasteiger partial charge >= 0.3 is 0 Å². The minimum atomic E-state index is 0.0780. The zero-order chi connectivity index (χ0) is 15.0. The number of halogens is 1. The van der Waals surface area contributed by atoms with Crippen LogP contribution in [0.25, 0.3) is 11.4 Å². The molecule has 0 bridgehead atoms. The lowest BCUT2D eigenvalue weighted by atomic mass is 10.2. The minimum absolute atomic E-state index is 0.0780. The third-order valence-electron chi connectivity index (χ3n) is 3.39. The second-order valence-corrected chi connectivity index (χ2v) is 5.47. The van der Waals surface area contributed by atoms with Crippen molar-refractivity contribution >= 4 is 23.8 Å². The van der Waals surface area contributed by atoms with E-state index in [1.807, 2.05) is 55.5 Å². The molecule has 0 unspecified atom stereocenters. The van der Waals surface area contributed by atoms with Crippen LogP contribution < -0.4 is 0 Å². The summed E-state index contributed by atoms with van der Waals surface area (Å²) in [5, 5.41) is 10.9. The van der Waals surface area contributed by atoms with Crippen LogP contribution >= 0.6 is 23.8 Å². The summed E-state index contributed by atoms with van der Waals surface area (Å²) in [4.78, 5) is 0.